The Morgan fingerprint density at radius 2 is 2.10 bits per heavy atom. The second kappa shape index (κ2) is 6.69. The number of carboxylic acids is 1. The van der Waals surface area contributed by atoms with Gasteiger partial charge in [0.2, 0.25) is 5.88 Å². The van der Waals surface area contributed by atoms with Crippen LogP contribution in [0.5, 0.6) is 5.88 Å². The lowest BCUT2D eigenvalue weighted by Crippen LogP contribution is -2.23. The molecule has 0 radical (unpaired) electrons. The van der Waals surface area contributed by atoms with Gasteiger partial charge in [0.25, 0.3) is 0 Å². The molecule has 0 saturated carbocycles. The van der Waals surface area contributed by atoms with Gasteiger partial charge < -0.3 is 14.7 Å². The number of nitrogens with zero attached hydrogens (tertiary/aromatic N) is 3. The van der Waals surface area contributed by atoms with Gasteiger partial charge in [-0.2, -0.15) is 5.10 Å². The van der Waals surface area contributed by atoms with Crippen LogP contribution in [0.4, 0.5) is 5.69 Å². The number of rotatable bonds is 6. The average molecular weight is 287 g/mol. The van der Waals surface area contributed by atoms with Crippen molar-refractivity contribution in [1.82, 2.24) is 10.2 Å². The summed E-state index contributed by atoms with van der Waals surface area (Å²) in [6.45, 7) is 3.29. The standard InChI is InChI=1S/C15H17N3O3/c1-3-18(10-12-7-8-14(21-2)17-16-12)13-6-4-5-11(9-13)15(19)20/h4-9H,3,10H2,1-2H3,(H,19,20). The lowest BCUT2D eigenvalue weighted by atomic mass is 10.2. The van der Waals surface area contributed by atoms with Gasteiger partial charge in [-0.3, -0.25) is 0 Å². The van der Waals surface area contributed by atoms with Gasteiger partial charge >= 0.3 is 5.97 Å². The molecular weight excluding hydrogens is 270 g/mol. The summed E-state index contributed by atoms with van der Waals surface area (Å²) in [5.41, 5.74) is 1.90. The molecule has 0 amide bonds. The van der Waals surface area contributed by atoms with E-state index in [2.05, 4.69) is 10.2 Å². The van der Waals surface area contributed by atoms with E-state index in [0.29, 0.717) is 12.4 Å². The van der Waals surface area contributed by atoms with Gasteiger partial charge in [0, 0.05) is 18.3 Å². The highest BCUT2D eigenvalue weighted by atomic mass is 16.5. The molecule has 0 aliphatic carbocycles. The molecule has 1 aromatic carbocycles. The van der Waals surface area contributed by atoms with Crippen molar-refractivity contribution in [1.29, 1.82) is 0 Å². The first kappa shape index (κ1) is 14.8. The van der Waals surface area contributed by atoms with Crippen molar-refractivity contribution in [3.63, 3.8) is 0 Å². The molecule has 1 N–H and O–H groups in total. The van der Waals surface area contributed by atoms with Crippen molar-refractivity contribution in [3.8, 4) is 5.88 Å². The number of carboxylic acid groups (broad SMARTS) is 1. The van der Waals surface area contributed by atoms with E-state index in [4.69, 9.17) is 9.84 Å². The van der Waals surface area contributed by atoms with Gasteiger partial charge in [0.1, 0.15) is 0 Å². The minimum atomic E-state index is -0.933. The topological polar surface area (TPSA) is 75.5 Å². The first-order valence-electron chi connectivity index (χ1n) is 6.59. The number of aromatic nitrogens is 2. The molecule has 0 unspecified atom stereocenters. The van der Waals surface area contributed by atoms with Crippen LogP contribution < -0.4 is 9.64 Å². The van der Waals surface area contributed by atoms with Gasteiger partial charge in [0.05, 0.1) is 24.9 Å². The van der Waals surface area contributed by atoms with E-state index in [-0.39, 0.29) is 5.56 Å². The van der Waals surface area contributed by atoms with E-state index < -0.39 is 5.97 Å². The Labute approximate surface area is 123 Å². The Balaban J connectivity index is 2.18. The third-order valence-electron chi connectivity index (χ3n) is 3.10. The average Bonchev–Trinajstić information content (AvgIpc) is 2.53. The second-order valence-electron chi connectivity index (χ2n) is 4.44. The summed E-state index contributed by atoms with van der Waals surface area (Å²) in [4.78, 5) is 13.1. The largest absolute Gasteiger partial charge is 0.480 e. The first-order chi connectivity index (χ1) is 10.1. The minimum Gasteiger partial charge on any atom is -0.480 e. The molecule has 0 saturated heterocycles. The third kappa shape index (κ3) is 3.68. The number of hydrogen-bond donors (Lipinski definition) is 1. The van der Waals surface area contributed by atoms with Crippen molar-refractivity contribution in [2.75, 3.05) is 18.6 Å². The van der Waals surface area contributed by atoms with Crippen LogP contribution in [0.25, 0.3) is 0 Å². The first-order valence-corrected chi connectivity index (χ1v) is 6.59. The molecule has 0 atom stereocenters. The van der Waals surface area contributed by atoms with Gasteiger partial charge in [-0.25, -0.2) is 4.79 Å². The number of ether oxygens (including phenoxy) is 1. The predicted molar refractivity (Wildman–Crippen MR) is 78.7 cm³/mol. The minimum absolute atomic E-state index is 0.270. The maximum Gasteiger partial charge on any atom is 0.335 e. The smallest absolute Gasteiger partial charge is 0.335 e. The van der Waals surface area contributed by atoms with Crippen LogP contribution in [0.2, 0.25) is 0 Å². The SMILES string of the molecule is CCN(Cc1ccc(OC)nn1)c1cccc(C(=O)O)c1. The predicted octanol–water partition coefficient (Wildman–Crippen LogP) is 2.21. The van der Waals surface area contributed by atoms with Gasteiger partial charge in [0.15, 0.2) is 0 Å². The molecule has 0 bridgehead atoms. The van der Waals surface area contributed by atoms with Gasteiger partial charge in [-0.05, 0) is 31.2 Å². The molecule has 21 heavy (non-hydrogen) atoms. The van der Waals surface area contributed by atoms with Gasteiger partial charge in [-0.1, -0.05) is 6.07 Å². The third-order valence-corrected chi connectivity index (χ3v) is 3.10. The highest BCUT2D eigenvalue weighted by Gasteiger charge is 2.10. The lowest BCUT2D eigenvalue weighted by molar-refractivity contribution is 0.0697. The van der Waals surface area contributed by atoms with E-state index in [1.54, 1.807) is 31.4 Å². The summed E-state index contributed by atoms with van der Waals surface area (Å²) in [6.07, 6.45) is 0. The molecule has 6 heteroatoms. The monoisotopic (exact) mass is 287 g/mol. The summed E-state index contributed by atoms with van der Waals surface area (Å²) in [7, 11) is 1.54. The fraction of sp³-hybridized carbons (Fsp3) is 0.267. The van der Waals surface area contributed by atoms with Crippen LogP contribution in [0.15, 0.2) is 36.4 Å². The molecule has 0 fully saturated rings. The molecule has 2 rings (SSSR count). The fourth-order valence-corrected chi connectivity index (χ4v) is 1.96. The molecule has 2 aromatic rings. The van der Waals surface area contributed by atoms with E-state index in [1.165, 1.54) is 0 Å². The van der Waals surface area contributed by atoms with Crippen LogP contribution >= 0.6 is 0 Å². The van der Waals surface area contributed by atoms with E-state index >= 15 is 0 Å². The molecule has 0 aliphatic heterocycles. The fourth-order valence-electron chi connectivity index (χ4n) is 1.96. The van der Waals surface area contributed by atoms with E-state index in [1.807, 2.05) is 24.0 Å². The van der Waals surface area contributed by atoms with Crippen molar-refractivity contribution < 1.29 is 14.6 Å². The summed E-state index contributed by atoms with van der Waals surface area (Å²) < 4.78 is 4.97. The Hall–Kier alpha value is -2.63. The maximum atomic E-state index is 11.0. The zero-order valence-corrected chi connectivity index (χ0v) is 12.0. The van der Waals surface area contributed by atoms with Crippen molar-refractivity contribution >= 4 is 11.7 Å². The number of methoxy groups -OCH3 is 1. The van der Waals surface area contributed by atoms with Gasteiger partial charge in [-0.15, -0.1) is 5.10 Å². The van der Waals surface area contributed by atoms with E-state index in [9.17, 15) is 4.79 Å². The Kier molecular flexibility index (Phi) is 4.71. The van der Waals surface area contributed by atoms with Crippen molar-refractivity contribution in [3.05, 3.63) is 47.7 Å². The number of carbonyl (C=O) groups is 1. The second-order valence-corrected chi connectivity index (χ2v) is 4.44. The summed E-state index contributed by atoms with van der Waals surface area (Å²) in [6, 6.07) is 10.4. The molecule has 0 spiro atoms. The zero-order valence-electron chi connectivity index (χ0n) is 12.0. The Morgan fingerprint density at radius 1 is 1.29 bits per heavy atom. The normalized spacial score (nSPS) is 10.2. The van der Waals surface area contributed by atoms with Crippen LogP contribution in [-0.2, 0) is 6.54 Å². The van der Waals surface area contributed by atoms with Crippen LogP contribution in [-0.4, -0.2) is 34.9 Å². The lowest BCUT2D eigenvalue weighted by Gasteiger charge is -2.22. The number of aromatic carboxylic acids is 1. The maximum absolute atomic E-state index is 11.0. The molecule has 0 aliphatic rings. The molecule has 6 nitrogen and oxygen atoms in total. The molecule has 1 heterocycles. The summed E-state index contributed by atoms with van der Waals surface area (Å²) >= 11 is 0. The van der Waals surface area contributed by atoms with Crippen LogP contribution in [0.3, 0.4) is 0 Å². The van der Waals surface area contributed by atoms with Crippen molar-refractivity contribution in [2.24, 2.45) is 0 Å². The molecule has 110 valence electrons. The Bertz CT molecular complexity index is 614. The number of hydrogen-bond acceptors (Lipinski definition) is 5. The zero-order chi connectivity index (χ0) is 15.2. The number of benzene rings is 1. The summed E-state index contributed by atoms with van der Waals surface area (Å²) in [5.74, 6) is -0.466. The highest BCUT2D eigenvalue weighted by molar-refractivity contribution is 5.88. The summed E-state index contributed by atoms with van der Waals surface area (Å²) in [5, 5.41) is 17.1. The number of anilines is 1. The highest BCUT2D eigenvalue weighted by Crippen LogP contribution is 2.18. The molecule has 1 aromatic heterocycles. The quantitative estimate of drug-likeness (QED) is 0.878. The van der Waals surface area contributed by atoms with Crippen molar-refractivity contribution in [2.45, 2.75) is 13.5 Å². The Morgan fingerprint density at radius 3 is 2.67 bits per heavy atom. The van der Waals surface area contributed by atoms with Crippen LogP contribution in [0, 0.1) is 0 Å². The van der Waals surface area contributed by atoms with Crippen LogP contribution in [0.1, 0.15) is 23.0 Å². The molecular formula is C15H17N3O3. The van der Waals surface area contributed by atoms with E-state index in [0.717, 1.165) is 17.9 Å².